The lowest BCUT2D eigenvalue weighted by Gasteiger charge is -2.30. The van der Waals surface area contributed by atoms with Crippen LogP contribution in [0.2, 0.25) is 0 Å². The highest BCUT2D eigenvalue weighted by molar-refractivity contribution is 6.21. The van der Waals surface area contributed by atoms with Crippen LogP contribution in [0.5, 0.6) is 0 Å². The predicted molar refractivity (Wildman–Crippen MR) is 94.6 cm³/mol. The topological polar surface area (TPSA) is 15.6 Å². The van der Waals surface area contributed by atoms with E-state index in [4.69, 9.17) is 4.99 Å². The van der Waals surface area contributed by atoms with Crippen molar-refractivity contribution >= 4 is 33.7 Å². The Morgan fingerprint density at radius 2 is 1.68 bits per heavy atom. The lowest BCUT2D eigenvalue weighted by molar-refractivity contribution is 1.31. The summed E-state index contributed by atoms with van der Waals surface area (Å²) in [6.45, 7) is 6.04. The first kappa shape index (κ1) is 12.8. The van der Waals surface area contributed by atoms with Crippen molar-refractivity contribution in [2.75, 3.05) is 4.90 Å². The number of rotatable bonds is 2. The normalized spacial score (nSPS) is 13.1. The van der Waals surface area contributed by atoms with Crippen molar-refractivity contribution in [3.05, 3.63) is 78.9 Å². The van der Waals surface area contributed by atoms with Crippen LogP contribution in [0.25, 0.3) is 10.8 Å². The Labute approximate surface area is 130 Å². The molecule has 3 aromatic rings. The highest BCUT2D eigenvalue weighted by Crippen LogP contribution is 2.41. The summed E-state index contributed by atoms with van der Waals surface area (Å²) >= 11 is 0. The molecular weight excluding hydrogens is 268 g/mol. The SMILES string of the molecule is C=CC1=Nc2cccc3cccc(c23)N1c1ccc(C)cc1. The highest BCUT2D eigenvalue weighted by Gasteiger charge is 2.22. The summed E-state index contributed by atoms with van der Waals surface area (Å²) in [5.74, 6) is 0.857. The average Bonchev–Trinajstić information content (AvgIpc) is 2.56. The van der Waals surface area contributed by atoms with E-state index in [0.717, 1.165) is 22.9 Å². The van der Waals surface area contributed by atoms with Gasteiger partial charge in [0.25, 0.3) is 0 Å². The van der Waals surface area contributed by atoms with Gasteiger partial charge in [0, 0.05) is 11.1 Å². The third-order valence-corrected chi connectivity index (χ3v) is 4.04. The van der Waals surface area contributed by atoms with Gasteiger partial charge in [0.1, 0.15) is 5.84 Å². The van der Waals surface area contributed by atoms with Gasteiger partial charge in [-0.05, 0) is 42.7 Å². The monoisotopic (exact) mass is 284 g/mol. The molecule has 0 radical (unpaired) electrons. The molecule has 3 aromatic carbocycles. The van der Waals surface area contributed by atoms with E-state index >= 15 is 0 Å². The first-order valence-electron chi connectivity index (χ1n) is 7.37. The first-order chi connectivity index (χ1) is 10.8. The fourth-order valence-corrected chi connectivity index (χ4v) is 2.98. The number of anilines is 2. The minimum absolute atomic E-state index is 0.857. The number of hydrogen-bond acceptors (Lipinski definition) is 2. The number of nitrogens with zero attached hydrogens (tertiary/aromatic N) is 2. The maximum atomic E-state index is 4.79. The van der Waals surface area contributed by atoms with E-state index in [0.29, 0.717) is 0 Å². The van der Waals surface area contributed by atoms with Crippen LogP contribution in [0.15, 0.2) is 78.3 Å². The van der Waals surface area contributed by atoms with Gasteiger partial charge in [-0.2, -0.15) is 0 Å². The van der Waals surface area contributed by atoms with Gasteiger partial charge in [0.15, 0.2) is 0 Å². The van der Waals surface area contributed by atoms with Crippen LogP contribution >= 0.6 is 0 Å². The molecule has 0 aliphatic carbocycles. The molecule has 0 saturated carbocycles. The third kappa shape index (κ3) is 1.85. The van der Waals surface area contributed by atoms with E-state index in [1.807, 2.05) is 12.1 Å². The van der Waals surface area contributed by atoms with Crippen LogP contribution in [0.1, 0.15) is 5.56 Å². The van der Waals surface area contributed by atoms with E-state index < -0.39 is 0 Å². The second-order valence-corrected chi connectivity index (χ2v) is 5.50. The molecule has 0 amide bonds. The minimum Gasteiger partial charge on any atom is -0.294 e. The van der Waals surface area contributed by atoms with Crippen molar-refractivity contribution in [3.8, 4) is 0 Å². The summed E-state index contributed by atoms with van der Waals surface area (Å²) in [6, 6.07) is 21.1. The van der Waals surface area contributed by atoms with Crippen molar-refractivity contribution in [3.63, 3.8) is 0 Å². The first-order valence-corrected chi connectivity index (χ1v) is 7.37. The molecule has 0 N–H and O–H groups in total. The molecule has 2 heteroatoms. The highest BCUT2D eigenvalue weighted by atomic mass is 15.2. The van der Waals surface area contributed by atoms with Crippen LogP contribution < -0.4 is 4.90 Å². The zero-order chi connectivity index (χ0) is 15.1. The summed E-state index contributed by atoms with van der Waals surface area (Å²) in [7, 11) is 0. The van der Waals surface area contributed by atoms with Crippen LogP contribution in [0.4, 0.5) is 17.1 Å². The molecule has 1 aliphatic heterocycles. The number of hydrogen-bond donors (Lipinski definition) is 0. The second kappa shape index (κ2) is 4.85. The Bertz CT molecular complexity index is 899. The molecule has 106 valence electrons. The van der Waals surface area contributed by atoms with Crippen molar-refractivity contribution < 1.29 is 0 Å². The fourth-order valence-electron chi connectivity index (χ4n) is 2.98. The molecule has 0 unspecified atom stereocenters. The van der Waals surface area contributed by atoms with Crippen LogP contribution in [-0.2, 0) is 0 Å². The molecule has 0 aromatic heterocycles. The standard InChI is InChI=1S/C20H16N2/c1-3-19-21-17-8-4-6-15-7-5-9-18(20(15)17)22(19)16-12-10-14(2)11-13-16/h3-13H,1H2,2H3. The van der Waals surface area contributed by atoms with Gasteiger partial charge in [0.2, 0.25) is 0 Å². The predicted octanol–water partition coefficient (Wildman–Crippen LogP) is 5.52. The fraction of sp³-hybridized carbons (Fsp3) is 0.0500. The molecule has 0 fully saturated rings. The van der Waals surface area contributed by atoms with Gasteiger partial charge in [-0.1, -0.05) is 48.5 Å². The van der Waals surface area contributed by atoms with E-state index in [9.17, 15) is 0 Å². The number of benzene rings is 3. The number of aliphatic imine (C=N–C) groups is 1. The van der Waals surface area contributed by atoms with Crippen molar-refractivity contribution in [1.82, 2.24) is 0 Å². The van der Waals surface area contributed by atoms with E-state index in [2.05, 4.69) is 73.0 Å². The molecule has 0 saturated heterocycles. The van der Waals surface area contributed by atoms with Gasteiger partial charge < -0.3 is 0 Å². The van der Waals surface area contributed by atoms with Gasteiger partial charge in [0.05, 0.1) is 11.4 Å². The zero-order valence-corrected chi connectivity index (χ0v) is 12.5. The maximum Gasteiger partial charge on any atom is 0.137 e. The summed E-state index contributed by atoms with van der Waals surface area (Å²) in [5.41, 5.74) is 4.51. The summed E-state index contributed by atoms with van der Waals surface area (Å²) in [6.07, 6.45) is 1.81. The average molecular weight is 284 g/mol. The molecule has 1 heterocycles. The van der Waals surface area contributed by atoms with Crippen molar-refractivity contribution in [2.24, 2.45) is 4.99 Å². The molecule has 4 rings (SSSR count). The van der Waals surface area contributed by atoms with E-state index in [1.165, 1.54) is 16.3 Å². The molecule has 22 heavy (non-hydrogen) atoms. The lowest BCUT2D eigenvalue weighted by atomic mass is 10.0. The number of amidine groups is 1. The molecule has 0 atom stereocenters. The largest absolute Gasteiger partial charge is 0.294 e. The number of aryl methyl sites for hydroxylation is 1. The Kier molecular flexibility index (Phi) is 2.83. The van der Waals surface area contributed by atoms with Gasteiger partial charge in [-0.3, -0.25) is 4.90 Å². The Morgan fingerprint density at radius 1 is 0.955 bits per heavy atom. The lowest BCUT2D eigenvalue weighted by Crippen LogP contribution is -2.26. The Balaban J connectivity index is 2.03. The van der Waals surface area contributed by atoms with Gasteiger partial charge in [-0.25, -0.2) is 4.99 Å². The maximum absolute atomic E-state index is 4.79. The third-order valence-electron chi connectivity index (χ3n) is 4.04. The summed E-state index contributed by atoms with van der Waals surface area (Å²) in [4.78, 5) is 6.96. The zero-order valence-electron chi connectivity index (χ0n) is 12.5. The van der Waals surface area contributed by atoms with E-state index in [-0.39, 0.29) is 0 Å². The molecule has 2 nitrogen and oxygen atoms in total. The Morgan fingerprint density at radius 3 is 2.41 bits per heavy atom. The van der Waals surface area contributed by atoms with Crippen LogP contribution in [0, 0.1) is 6.92 Å². The van der Waals surface area contributed by atoms with Crippen LogP contribution in [-0.4, -0.2) is 5.84 Å². The molecule has 0 bridgehead atoms. The summed E-state index contributed by atoms with van der Waals surface area (Å²) in [5, 5.41) is 2.40. The summed E-state index contributed by atoms with van der Waals surface area (Å²) < 4.78 is 0. The van der Waals surface area contributed by atoms with Crippen molar-refractivity contribution in [1.29, 1.82) is 0 Å². The quantitative estimate of drug-likeness (QED) is 0.605. The second-order valence-electron chi connectivity index (χ2n) is 5.50. The molecule has 1 aliphatic rings. The smallest absolute Gasteiger partial charge is 0.137 e. The van der Waals surface area contributed by atoms with Crippen molar-refractivity contribution in [2.45, 2.75) is 6.92 Å². The molecule has 0 spiro atoms. The van der Waals surface area contributed by atoms with Crippen LogP contribution in [0.3, 0.4) is 0 Å². The minimum atomic E-state index is 0.857. The van der Waals surface area contributed by atoms with Gasteiger partial charge >= 0.3 is 0 Å². The van der Waals surface area contributed by atoms with E-state index in [1.54, 1.807) is 0 Å². The molecular formula is C20H16N2. The Hall–Kier alpha value is -2.87. The van der Waals surface area contributed by atoms with Gasteiger partial charge in [-0.15, -0.1) is 0 Å².